The molecule has 0 saturated heterocycles. The molecular weight excluding hydrogens is 294 g/mol. The molecule has 2 aromatic rings. The summed E-state index contributed by atoms with van der Waals surface area (Å²) >= 11 is 5.97. The van der Waals surface area contributed by atoms with Crippen LogP contribution in [-0.4, -0.2) is 30.0 Å². The van der Waals surface area contributed by atoms with E-state index in [9.17, 15) is 4.79 Å². The Bertz CT molecular complexity index is 673. The lowest BCUT2D eigenvalue weighted by Gasteiger charge is -2.10. The van der Waals surface area contributed by atoms with Crippen LogP contribution in [0.5, 0.6) is 11.5 Å². The average Bonchev–Trinajstić information content (AvgIpc) is 2.48. The summed E-state index contributed by atoms with van der Waals surface area (Å²) in [6.45, 7) is 0.982. The van der Waals surface area contributed by atoms with Gasteiger partial charge in [-0.1, -0.05) is 11.6 Å². The number of aromatic nitrogens is 2. The van der Waals surface area contributed by atoms with E-state index in [1.807, 2.05) is 0 Å². The summed E-state index contributed by atoms with van der Waals surface area (Å²) < 4.78 is 11.8. The topological polar surface area (TPSA) is 79.4 Å². The van der Waals surface area contributed by atoms with Crippen molar-refractivity contribution in [2.75, 3.05) is 20.3 Å². The molecule has 0 spiro atoms. The van der Waals surface area contributed by atoms with Gasteiger partial charge in [-0.05, 0) is 18.2 Å². The first-order chi connectivity index (χ1) is 10.1. The fourth-order valence-corrected chi connectivity index (χ4v) is 2.02. The van der Waals surface area contributed by atoms with E-state index in [1.165, 1.54) is 16.9 Å². The molecule has 0 aliphatic carbocycles. The highest BCUT2D eigenvalue weighted by atomic mass is 35.5. The Labute approximate surface area is 127 Å². The first kappa shape index (κ1) is 15.3. The fourth-order valence-electron chi connectivity index (χ4n) is 1.82. The van der Waals surface area contributed by atoms with Crippen molar-refractivity contribution in [3.05, 3.63) is 51.4 Å². The second-order valence-corrected chi connectivity index (χ2v) is 4.72. The molecule has 0 saturated carbocycles. The molecule has 6 nitrogen and oxygen atoms in total. The average molecular weight is 310 g/mol. The van der Waals surface area contributed by atoms with Gasteiger partial charge in [0, 0.05) is 23.2 Å². The van der Waals surface area contributed by atoms with Crippen LogP contribution >= 0.6 is 11.6 Å². The van der Waals surface area contributed by atoms with E-state index in [0.717, 1.165) is 5.56 Å². The summed E-state index contributed by atoms with van der Waals surface area (Å²) in [4.78, 5) is 12.0. The van der Waals surface area contributed by atoms with Gasteiger partial charge in [0.15, 0.2) is 0 Å². The fraction of sp³-hybridized carbons (Fsp3) is 0.286. The number of rotatable bonds is 6. The predicted octanol–water partition coefficient (Wildman–Crippen LogP) is 1.29. The minimum absolute atomic E-state index is 0.264. The number of hydrogen-bond donors (Lipinski definition) is 1. The largest absolute Gasteiger partial charge is 0.496 e. The minimum Gasteiger partial charge on any atom is -0.496 e. The number of benzene rings is 1. The van der Waals surface area contributed by atoms with Gasteiger partial charge < -0.3 is 15.2 Å². The Morgan fingerprint density at radius 1 is 1.38 bits per heavy atom. The molecule has 0 amide bonds. The van der Waals surface area contributed by atoms with E-state index in [-0.39, 0.29) is 12.1 Å². The summed E-state index contributed by atoms with van der Waals surface area (Å²) in [5, 5.41) is 4.64. The van der Waals surface area contributed by atoms with Crippen molar-refractivity contribution in [1.82, 2.24) is 9.78 Å². The van der Waals surface area contributed by atoms with Crippen molar-refractivity contribution in [2.45, 2.75) is 6.54 Å². The number of nitrogens with two attached hydrogens (primary N) is 1. The number of ether oxygens (including phenoxy) is 2. The normalized spacial score (nSPS) is 10.4. The molecule has 1 heterocycles. The molecule has 2 N–H and O–H groups in total. The van der Waals surface area contributed by atoms with Crippen LogP contribution in [-0.2, 0) is 6.54 Å². The van der Waals surface area contributed by atoms with Gasteiger partial charge in [0.2, 0.25) is 0 Å². The highest BCUT2D eigenvalue weighted by Crippen LogP contribution is 2.23. The third-order valence-electron chi connectivity index (χ3n) is 2.79. The van der Waals surface area contributed by atoms with E-state index in [0.29, 0.717) is 29.7 Å². The summed E-state index contributed by atoms with van der Waals surface area (Å²) in [5.74, 6) is 1.05. The zero-order chi connectivity index (χ0) is 15.2. The standard InChI is InChI=1S/C14H16ClN3O3/c1-20-13-3-2-11(15)6-10(13)9-18-14(19)7-12(8-17-18)21-5-4-16/h2-3,6-8H,4-5,9,16H2,1H3. The Hall–Kier alpha value is -2.05. The summed E-state index contributed by atoms with van der Waals surface area (Å²) in [5.41, 5.74) is 5.84. The van der Waals surface area contributed by atoms with Gasteiger partial charge in [0.25, 0.3) is 5.56 Å². The molecule has 0 fully saturated rings. The SMILES string of the molecule is COc1ccc(Cl)cc1Cn1ncc(OCCN)cc1=O. The molecule has 1 aromatic heterocycles. The van der Waals surface area contributed by atoms with Crippen LogP contribution in [0.3, 0.4) is 0 Å². The van der Waals surface area contributed by atoms with Crippen LogP contribution in [0.4, 0.5) is 0 Å². The first-order valence-electron chi connectivity index (χ1n) is 6.36. The van der Waals surface area contributed by atoms with E-state index in [2.05, 4.69) is 5.10 Å². The van der Waals surface area contributed by atoms with Crippen molar-refractivity contribution in [1.29, 1.82) is 0 Å². The molecule has 0 bridgehead atoms. The molecule has 112 valence electrons. The van der Waals surface area contributed by atoms with Crippen molar-refractivity contribution in [3.63, 3.8) is 0 Å². The Morgan fingerprint density at radius 3 is 2.86 bits per heavy atom. The highest BCUT2D eigenvalue weighted by Gasteiger charge is 2.08. The Kier molecular flexibility index (Phi) is 5.19. The highest BCUT2D eigenvalue weighted by molar-refractivity contribution is 6.30. The molecular formula is C14H16ClN3O3. The maximum Gasteiger partial charge on any atom is 0.270 e. The maximum atomic E-state index is 12.0. The van der Waals surface area contributed by atoms with Crippen LogP contribution in [0.15, 0.2) is 35.3 Å². The molecule has 0 atom stereocenters. The Morgan fingerprint density at radius 2 is 2.19 bits per heavy atom. The first-order valence-corrected chi connectivity index (χ1v) is 6.74. The van der Waals surface area contributed by atoms with E-state index in [4.69, 9.17) is 26.8 Å². The van der Waals surface area contributed by atoms with Crippen LogP contribution in [0.2, 0.25) is 5.02 Å². The predicted molar refractivity (Wildman–Crippen MR) is 80.2 cm³/mol. The van der Waals surface area contributed by atoms with Gasteiger partial charge >= 0.3 is 0 Å². The van der Waals surface area contributed by atoms with E-state index >= 15 is 0 Å². The van der Waals surface area contributed by atoms with Crippen molar-refractivity contribution in [3.8, 4) is 11.5 Å². The lowest BCUT2D eigenvalue weighted by atomic mass is 10.2. The second-order valence-electron chi connectivity index (χ2n) is 4.28. The molecule has 0 aliphatic heterocycles. The summed E-state index contributed by atoms with van der Waals surface area (Å²) in [6.07, 6.45) is 1.48. The maximum absolute atomic E-state index is 12.0. The van der Waals surface area contributed by atoms with Crippen LogP contribution in [0.1, 0.15) is 5.56 Å². The summed E-state index contributed by atoms with van der Waals surface area (Å²) in [7, 11) is 1.56. The number of halogens is 1. The lowest BCUT2D eigenvalue weighted by molar-refractivity contribution is 0.324. The second kappa shape index (κ2) is 7.10. The zero-order valence-electron chi connectivity index (χ0n) is 11.6. The van der Waals surface area contributed by atoms with Crippen molar-refractivity contribution < 1.29 is 9.47 Å². The van der Waals surface area contributed by atoms with Gasteiger partial charge in [-0.25, -0.2) is 4.68 Å². The minimum atomic E-state index is -0.272. The van der Waals surface area contributed by atoms with Gasteiger partial charge in [-0.2, -0.15) is 5.10 Å². The monoisotopic (exact) mass is 309 g/mol. The van der Waals surface area contributed by atoms with Gasteiger partial charge in [-0.15, -0.1) is 0 Å². The smallest absolute Gasteiger partial charge is 0.270 e. The van der Waals surface area contributed by atoms with E-state index < -0.39 is 0 Å². The van der Waals surface area contributed by atoms with Crippen LogP contribution < -0.4 is 20.8 Å². The number of methoxy groups -OCH3 is 1. The molecule has 0 aliphatic rings. The van der Waals surface area contributed by atoms with E-state index in [1.54, 1.807) is 25.3 Å². The third kappa shape index (κ3) is 3.96. The van der Waals surface area contributed by atoms with Gasteiger partial charge in [-0.3, -0.25) is 4.79 Å². The number of nitrogens with zero attached hydrogens (tertiary/aromatic N) is 2. The molecule has 7 heteroatoms. The molecule has 0 radical (unpaired) electrons. The van der Waals surface area contributed by atoms with Crippen LogP contribution in [0.25, 0.3) is 0 Å². The Balaban J connectivity index is 2.24. The zero-order valence-corrected chi connectivity index (χ0v) is 12.3. The third-order valence-corrected chi connectivity index (χ3v) is 3.03. The molecule has 21 heavy (non-hydrogen) atoms. The quantitative estimate of drug-likeness (QED) is 0.870. The van der Waals surface area contributed by atoms with Gasteiger partial charge in [0.05, 0.1) is 19.9 Å². The number of hydrogen-bond acceptors (Lipinski definition) is 5. The molecule has 0 unspecified atom stereocenters. The van der Waals surface area contributed by atoms with Crippen molar-refractivity contribution in [2.24, 2.45) is 5.73 Å². The summed E-state index contributed by atoms with van der Waals surface area (Å²) in [6, 6.07) is 6.60. The molecule has 2 rings (SSSR count). The lowest BCUT2D eigenvalue weighted by Crippen LogP contribution is -2.23. The van der Waals surface area contributed by atoms with Crippen LogP contribution in [0, 0.1) is 0 Å². The van der Waals surface area contributed by atoms with Crippen molar-refractivity contribution >= 4 is 11.6 Å². The molecule has 1 aromatic carbocycles. The van der Waals surface area contributed by atoms with Gasteiger partial charge in [0.1, 0.15) is 18.1 Å².